The van der Waals surface area contributed by atoms with Gasteiger partial charge in [0, 0.05) is 11.9 Å². The lowest BCUT2D eigenvalue weighted by Crippen LogP contribution is -2.14. The zero-order valence-electron chi connectivity index (χ0n) is 8.47. The predicted molar refractivity (Wildman–Crippen MR) is 58.1 cm³/mol. The number of aryl methyl sites for hydroxylation is 1. The van der Waals surface area contributed by atoms with Crippen molar-refractivity contribution in [2.75, 3.05) is 6.54 Å². The van der Waals surface area contributed by atoms with Crippen LogP contribution in [0.3, 0.4) is 0 Å². The Kier molecular flexibility index (Phi) is 5.01. The van der Waals surface area contributed by atoms with Crippen molar-refractivity contribution in [2.45, 2.75) is 39.7 Å². The van der Waals surface area contributed by atoms with E-state index in [-0.39, 0.29) is 0 Å². The van der Waals surface area contributed by atoms with Gasteiger partial charge in [0.05, 0.1) is 10.7 Å². The molecule has 2 nitrogen and oxygen atoms in total. The third kappa shape index (κ3) is 4.39. The molecule has 0 spiro atoms. The van der Waals surface area contributed by atoms with Gasteiger partial charge in [0.1, 0.15) is 0 Å². The number of unbranched alkanes of at least 4 members (excludes halogenated alkanes) is 2. The molecule has 0 fully saturated rings. The van der Waals surface area contributed by atoms with Gasteiger partial charge in [-0.3, -0.25) is 0 Å². The first-order chi connectivity index (χ1) is 6.33. The van der Waals surface area contributed by atoms with Gasteiger partial charge in [0.15, 0.2) is 0 Å². The lowest BCUT2D eigenvalue weighted by atomic mass is 10.2. The van der Waals surface area contributed by atoms with Crippen molar-refractivity contribution in [3.63, 3.8) is 0 Å². The van der Waals surface area contributed by atoms with Crippen molar-refractivity contribution in [3.8, 4) is 0 Å². The summed E-state index contributed by atoms with van der Waals surface area (Å²) in [6, 6.07) is 0. The SMILES string of the molecule is CCCCCNCc1csc(C)n1. The number of nitrogens with one attached hydrogen (secondary N) is 1. The number of hydrogen-bond acceptors (Lipinski definition) is 3. The lowest BCUT2D eigenvalue weighted by molar-refractivity contribution is 0.612. The standard InChI is InChI=1S/C10H18N2S/c1-3-4-5-6-11-7-10-8-13-9(2)12-10/h8,11H,3-7H2,1-2H3. The molecule has 0 amide bonds. The van der Waals surface area contributed by atoms with Crippen LogP contribution in [0.2, 0.25) is 0 Å². The smallest absolute Gasteiger partial charge is 0.0897 e. The van der Waals surface area contributed by atoms with E-state index in [4.69, 9.17) is 0 Å². The zero-order valence-corrected chi connectivity index (χ0v) is 9.28. The Hall–Kier alpha value is -0.410. The highest BCUT2D eigenvalue weighted by molar-refractivity contribution is 7.09. The van der Waals surface area contributed by atoms with E-state index in [2.05, 4.69) is 22.6 Å². The van der Waals surface area contributed by atoms with Crippen molar-refractivity contribution in [3.05, 3.63) is 16.1 Å². The first kappa shape index (κ1) is 10.7. The number of thiazole rings is 1. The maximum Gasteiger partial charge on any atom is 0.0897 e. The molecular formula is C10H18N2S. The topological polar surface area (TPSA) is 24.9 Å². The molecule has 0 bridgehead atoms. The minimum absolute atomic E-state index is 0.925. The fraction of sp³-hybridized carbons (Fsp3) is 0.700. The highest BCUT2D eigenvalue weighted by Crippen LogP contribution is 2.07. The Morgan fingerprint density at radius 1 is 1.46 bits per heavy atom. The lowest BCUT2D eigenvalue weighted by Gasteiger charge is -2.00. The number of nitrogens with zero attached hydrogens (tertiary/aromatic N) is 1. The first-order valence-corrected chi connectivity index (χ1v) is 5.82. The second kappa shape index (κ2) is 6.11. The van der Waals surface area contributed by atoms with Gasteiger partial charge in [-0.15, -0.1) is 11.3 Å². The Bertz CT molecular complexity index is 233. The van der Waals surface area contributed by atoms with E-state index >= 15 is 0 Å². The average Bonchev–Trinajstić information content (AvgIpc) is 2.51. The predicted octanol–water partition coefficient (Wildman–Crippen LogP) is 2.73. The van der Waals surface area contributed by atoms with E-state index in [1.165, 1.54) is 25.0 Å². The summed E-state index contributed by atoms with van der Waals surface area (Å²) < 4.78 is 0. The molecule has 0 unspecified atom stereocenters. The molecule has 0 aliphatic heterocycles. The highest BCUT2D eigenvalue weighted by atomic mass is 32.1. The van der Waals surface area contributed by atoms with Gasteiger partial charge in [-0.05, 0) is 19.9 Å². The maximum atomic E-state index is 4.38. The van der Waals surface area contributed by atoms with E-state index in [1.54, 1.807) is 11.3 Å². The summed E-state index contributed by atoms with van der Waals surface area (Å²) >= 11 is 1.72. The summed E-state index contributed by atoms with van der Waals surface area (Å²) in [4.78, 5) is 4.38. The van der Waals surface area contributed by atoms with E-state index in [1.807, 2.05) is 6.92 Å². The summed E-state index contributed by atoms with van der Waals surface area (Å²) in [5, 5.41) is 6.68. The van der Waals surface area contributed by atoms with Crippen molar-refractivity contribution in [1.29, 1.82) is 0 Å². The molecule has 3 heteroatoms. The highest BCUT2D eigenvalue weighted by Gasteiger charge is 1.96. The number of rotatable bonds is 6. The van der Waals surface area contributed by atoms with E-state index in [0.717, 1.165) is 18.1 Å². The van der Waals surface area contributed by atoms with Gasteiger partial charge in [0.2, 0.25) is 0 Å². The quantitative estimate of drug-likeness (QED) is 0.711. The second-order valence-electron chi connectivity index (χ2n) is 3.24. The van der Waals surface area contributed by atoms with Gasteiger partial charge in [-0.25, -0.2) is 4.98 Å². The van der Waals surface area contributed by atoms with E-state index < -0.39 is 0 Å². The Morgan fingerprint density at radius 3 is 2.92 bits per heavy atom. The Morgan fingerprint density at radius 2 is 2.31 bits per heavy atom. The molecule has 1 heterocycles. The van der Waals surface area contributed by atoms with Gasteiger partial charge < -0.3 is 5.32 Å². The molecule has 74 valence electrons. The van der Waals surface area contributed by atoms with E-state index in [9.17, 15) is 0 Å². The molecule has 13 heavy (non-hydrogen) atoms. The molecule has 1 aromatic heterocycles. The summed E-state index contributed by atoms with van der Waals surface area (Å²) in [6.07, 6.45) is 3.89. The fourth-order valence-corrected chi connectivity index (χ4v) is 1.82. The van der Waals surface area contributed by atoms with Crippen LogP contribution in [0.25, 0.3) is 0 Å². The molecule has 0 aromatic carbocycles. The van der Waals surface area contributed by atoms with Crippen molar-refractivity contribution < 1.29 is 0 Å². The molecule has 0 atom stereocenters. The van der Waals surface area contributed by atoms with Crippen molar-refractivity contribution in [2.24, 2.45) is 0 Å². The van der Waals surface area contributed by atoms with Gasteiger partial charge in [0.25, 0.3) is 0 Å². The van der Waals surface area contributed by atoms with Crippen molar-refractivity contribution >= 4 is 11.3 Å². The monoisotopic (exact) mass is 198 g/mol. The number of hydrogen-bond donors (Lipinski definition) is 1. The van der Waals surface area contributed by atoms with Crippen molar-refractivity contribution in [1.82, 2.24) is 10.3 Å². The van der Waals surface area contributed by atoms with Crippen LogP contribution in [0.4, 0.5) is 0 Å². The molecular weight excluding hydrogens is 180 g/mol. The largest absolute Gasteiger partial charge is 0.311 e. The van der Waals surface area contributed by atoms with Gasteiger partial charge >= 0.3 is 0 Å². The fourth-order valence-electron chi connectivity index (χ4n) is 1.21. The van der Waals surface area contributed by atoms with E-state index in [0.29, 0.717) is 0 Å². The van der Waals surface area contributed by atoms with Crippen LogP contribution in [-0.2, 0) is 6.54 Å². The molecule has 0 saturated carbocycles. The second-order valence-corrected chi connectivity index (χ2v) is 4.30. The summed E-state index contributed by atoms with van der Waals surface area (Å²) in [7, 11) is 0. The molecule has 0 saturated heterocycles. The minimum Gasteiger partial charge on any atom is -0.311 e. The van der Waals surface area contributed by atoms with Crippen LogP contribution in [-0.4, -0.2) is 11.5 Å². The first-order valence-electron chi connectivity index (χ1n) is 4.94. The molecule has 0 aliphatic rings. The summed E-state index contributed by atoms with van der Waals surface area (Å²) in [6.45, 7) is 6.31. The van der Waals surface area contributed by atoms with Gasteiger partial charge in [-0.1, -0.05) is 19.8 Å². The molecule has 1 N–H and O–H groups in total. The summed E-state index contributed by atoms with van der Waals surface area (Å²) in [5.41, 5.74) is 1.18. The normalized spacial score (nSPS) is 10.6. The molecule has 0 aliphatic carbocycles. The van der Waals surface area contributed by atoms with Crippen LogP contribution in [0.15, 0.2) is 5.38 Å². The van der Waals surface area contributed by atoms with Crippen LogP contribution >= 0.6 is 11.3 Å². The molecule has 1 rings (SSSR count). The van der Waals surface area contributed by atoms with Crippen LogP contribution < -0.4 is 5.32 Å². The third-order valence-corrected chi connectivity index (χ3v) is 2.75. The Balaban J connectivity index is 2.06. The minimum atomic E-state index is 0.925. The average molecular weight is 198 g/mol. The van der Waals surface area contributed by atoms with Crippen LogP contribution in [0.5, 0.6) is 0 Å². The van der Waals surface area contributed by atoms with Crippen LogP contribution in [0.1, 0.15) is 36.9 Å². The molecule has 0 radical (unpaired) electrons. The maximum absolute atomic E-state index is 4.38. The molecule has 1 aromatic rings. The zero-order chi connectivity index (χ0) is 9.52. The van der Waals surface area contributed by atoms with Gasteiger partial charge in [-0.2, -0.15) is 0 Å². The summed E-state index contributed by atoms with van der Waals surface area (Å²) in [5.74, 6) is 0. The third-order valence-electron chi connectivity index (χ3n) is 1.93. The Labute approximate surface area is 84.4 Å². The van der Waals surface area contributed by atoms with Crippen LogP contribution in [0, 0.1) is 6.92 Å². The number of aromatic nitrogens is 1.